The van der Waals surface area contributed by atoms with E-state index in [2.05, 4.69) is 20.8 Å². The van der Waals surface area contributed by atoms with Crippen LogP contribution in [0.4, 0.5) is 0 Å². The average Bonchev–Trinajstić information content (AvgIpc) is 3.09. The lowest BCUT2D eigenvalue weighted by atomic mass is 9.65. The second-order valence-corrected chi connectivity index (χ2v) is 6.82. The van der Waals surface area contributed by atoms with Crippen molar-refractivity contribution in [2.24, 2.45) is 22.5 Å². The minimum absolute atomic E-state index is 0.00454. The maximum atomic E-state index is 12.7. The number of hydrogen-bond acceptors (Lipinski definition) is 6. The Morgan fingerprint density at radius 3 is 2.54 bits per heavy atom. The number of carbonyl (C=O) groups excluding carboxylic acids is 3. The highest BCUT2D eigenvalue weighted by atomic mass is 16.5. The number of nitrogens with two attached hydrogens (primary N) is 1. The summed E-state index contributed by atoms with van der Waals surface area (Å²) in [6.45, 7) is 5.71. The zero-order valence-corrected chi connectivity index (χ0v) is 14.3. The van der Waals surface area contributed by atoms with E-state index in [0.717, 1.165) is 0 Å². The van der Waals surface area contributed by atoms with Gasteiger partial charge < -0.3 is 20.9 Å². The molecule has 132 valence electrons. The molecule has 2 atom stereocenters. The van der Waals surface area contributed by atoms with E-state index in [9.17, 15) is 14.4 Å². The van der Waals surface area contributed by atoms with Gasteiger partial charge in [-0.1, -0.05) is 25.9 Å². The second-order valence-electron chi connectivity index (χ2n) is 6.82. The zero-order valence-electron chi connectivity index (χ0n) is 14.3. The van der Waals surface area contributed by atoms with Crippen molar-refractivity contribution in [3.63, 3.8) is 0 Å². The Hall–Kier alpha value is -2.45. The second kappa shape index (κ2) is 6.21. The molecule has 1 aromatic heterocycles. The Morgan fingerprint density at radius 1 is 1.33 bits per heavy atom. The van der Waals surface area contributed by atoms with E-state index in [1.54, 1.807) is 7.05 Å². The van der Waals surface area contributed by atoms with Crippen molar-refractivity contribution in [1.82, 2.24) is 20.8 Å². The summed E-state index contributed by atoms with van der Waals surface area (Å²) < 4.78 is 4.86. The average molecular weight is 337 g/mol. The summed E-state index contributed by atoms with van der Waals surface area (Å²) in [4.78, 5) is 39.5. The number of hydrogen-bond donors (Lipinski definition) is 3. The molecule has 0 saturated heterocycles. The third kappa shape index (κ3) is 2.85. The zero-order chi connectivity index (χ0) is 18.1. The van der Waals surface area contributed by atoms with Gasteiger partial charge in [0.05, 0.1) is 12.0 Å². The molecular formula is C15H23N5O4. The third-order valence-electron chi connectivity index (χ3n) is 5.38. The van der Waals surface area contributed by atoms with Crippen molar-refractivity contribution in [1.29, 1.82) is 0 Å². The fourth-order valence-corrected chi connectivity index (χ4v) is 3.32. The van der Waals surface area contributed by atoms with Gasteiger partial charge in [-0.05, 0) is 18.3 Å². The summed E-state index contributed by atoms with van der Waals surface area (Å²) in [7, 11) is 1.60. The molecule has 24 heavy (non-hydrogen) atoms. The van der Waals surface area contributed by atoms with Crippen molar-refractivity contribution in [2.75, 3.05) is 7.05 Å². The Kier molecular flexibility index (Phi) is 4.63. The minimum atomic E-state index is -0.798. The van der Waals surface area contributed by atoms with E-state index >= 15 is 0 Å². The lowest BCUT2D eigenvalue weighted by Crippen LogP contribution is -2.49. The summed E-state index contributed by atoms with van der Waals surface area (Å²) in [5.74, 6) is -1.42. The maximum Gasteiger partial charge on any atom is 0.290 e. The molecule has 1 saturated carbocycles. The number of nitrogens with one attached hydrogen (secondary N) is 2. The van der Waals surface area contributed by atoms with Crippen LogP contribution in [0.2, 0.25) is 0 Å². The quantitative estimate of drug-likeness (QED) is 0.689. The Balaban J connectivity index is 2.08. The predicted molar refractivity (Wildman–Crippen MR) is 83.3 cm³/mol. The number of aromatic nitrogens is 2. The molecule has 1 aliphatic rings. The number of rotatable bonds is 5. The first-order valence-electron chi connectivity index (χ1n) is 7.75. The highest BCUT2D eigenvalue weighted by Gasteiger charge is 2.57. The van der Waals surface area contributed by atoms with Crippen LogP contribution >= 0.6 is 0 Å². The highest BCUT2D eigenvalue weighted by Crippen LogP contribution is 2.56. The summed E-state index contributed by atoms with van der Waals surface area (Å²) in [5.41, 5.74) is 3.83. The van der Waals surface area contributed by atoms with E-state index in [1.807, 2.05) is 20.8 Å². The van der Waals surface area contributed by atoms with Crippen LogP contribution < -0.4 is 16.4 Å². The van der Waals surface area contributed by atoms with Crippen LogP contribution in [0.15, 0.2) is 4.52 Å². The molecule has 1 aliphatic carbocycles. The SMILES string of the molecule is CNC(=O)[C@@H]1CC[C@](C)(C(=O)NCc2nc(C(N)=O)no2)C1(C)C. The van der Waals surface area contributed by atoms with Crippen molar-refractivity contribution < 1.29 is 18.9 Å². The Morgan fingerprint density at radius 2 is 2.00 bits per heavy atom. The number of primary amides is 1. The summed E-state index contributed by atoms with van der Waals surface area (Å²) in [6.07, 6.45) is 1.24. The van der Waals surface area contributed by atoms with Crippen molar-refractivity contribution in [3.05, 3.63) is 11.7 Å². The van der Waals surface area contributed by atoms with Crippen LogP contribution in [0.25, 0.3) is 0 Å². The van der Waals surface area contributed by atoms with E-state index in [0.29, 0.717) is 12.8 Å². The first kappa shape index (κ1) is 17.9. The molecule has 0 aromatic carbocycles. The predicted octanol–water partition coefficient (Wildman–Crippen LogP) is -0.0268. The molecule has 4 N–H and O–H groups in total. The van der Waals surface area contributed by atoms with Gasteiger partial charge in [-0.15, -0.1) is 0 Å². The molecule has 9 heteroatoms. The molecule has 0 spiro atoms. The fourth-order valence-electron chi connectivity index (χ4n) is 3.32. The lowest BCUT2D eigenvalue weighted by molar-refractivity contribution is -0.139. The minimum Gasteiger partial charge on any atom is -0.363 e. The van der Waals surface area contributed by atoms with Crippen LogP contribution in [0, 0.1) is 16.7 Å². The molecule has 0 radical (unpaired) electrons. The summed E-state index contributed by atoms with van der Waals surface area (Å²) >= 11 is 0. The summed E-state index contributed by atoms with van der Waals surface area (Å²) in [5, 5.41) is 8.83. The monoisotopic (exact) mass is 337 g/mol. The molecular weight excluding hydrogens is 314 g/mol. The van der Waals surface area contributed by atoms with E-state index < -0.39 is 16.7 Å². The number of amides is 3. The molecule has 0 aliphatic heterocycles. The molecule has 1 aromatic rings. The van der Waals surface area contributed by atoms with Crippen molar-refractivity contribution in [2.45, 2.75) is 40.2 Å². The van der Waals surface area contributed by atoms with E-state index in [4.69, 9.17) is 10.3 Å². The van der Waals surface area contributed by atoms with Gasteiger partial charge in [-0.2, -0.15) is 4.98 Å². The van der Waals surface area contributed by atoms with Gasteiger partial charge >= 0.3 is 0 Å². The van der Waals surface area contributed by atoms with Crippen LogP contribution in [0.3, 0.4) is 0 Å². The molecule has 2 rings (SSSR count). The Bertz CT molecular complexity index is 669. The van der Waals surface area contributed by atoms with Gasteiger partial charge in [0, 0.05) is 13.0 Å². The van der Waals surface area contributed by atoms with Gasteiger partial charge in [0.2, 0.25) is 17.7 Å². The maximum absolute atomic E-state index is 12.7. The molecule has 0 bridgehead atoms. The van der Waals surface area contributed by atoms with Crippen LogP contribution in [0.5, 0.6) is 0 Å². The van der Waals surface area contributed by atoms with Crippen molar-refractivity contribution in [3.8, 4) is 0 Å². The summed E-state index contributed by atoms with van der Waals surface area (Å²) in [6, 6.07) is 0. The van der Waals surface area contributed by atoms with Gasteiger partial charge in [-0.25, -0.2) is 0 Å². The number of nitrogens with zero attached hydrogens (tertiary/aromatic N) is 2. The molecule has 9 nitrogen and oxygen atoms in total. The van der Waals surface area contributed by atoms with E-state index in [1.165, 1.54) is 0 Å². The largest absolute Gasteiger partial charge is 0.363 e. The Labute approximate surface area is 139 Å². The first-order chi connectivity index (χ1) is 11.1. The van der Waals surface area contributed by atoms with Crippen LogP contribution in [-0.2, 0) is 16.1 Å². The van der Waals surface area contributed by atoms with E-state index in [-0.39, 0.29) is 36.0 Å². The van der Waals surface area contributed by atoms with Crippen LogP contribution in [-0.4, -0.2) is 34.9 Å². The molecule has 3 amide bonds. The van der Waals surface area contributed by atoms with Gasteiger partial charge in [0.1, 0.15) is 0 Å². The van der Waals surface area contributed by atoms with Crippen molar-refractivity contribution >= 4 is 17.7 Å². The number of carbonyl (C=O) groups is 3. The topological polar surface area (TPSA) is 140 Å². The molecule has 1 heterocycles. The molecule has 1 fully saturated rings. The fraction of sp³-hybridized carbons (Fsp3) is 0.667. The third-order valence-corrected chi connectivity index (χ3v) is 5.38. The first-order valence-corrected chi connectivity index (χ1v) is 7.75. The highest BCUT2D eigenvalue weighted by molar-refractivity contribution is 5.88. The molecule has 0 unspecified atom stereocenters. The smallest absolute Gasteiger partial charge is 0.290 e. The van der Waals surface area contributed by atoms with Gasteiger partial charge in [0.25, 0.3) is 11.7 Å². The normalized spacial score (nSPS) is 25.2. The van der Waals surface area contributed by atoms with Gasteiger partial charge in [0.15, 0.2) is 0 Å². The standard InChI is InChI=1S/C15H23N5O4/c1-14(2)8(12(22)17-4)5-6-15(14,3)13(23)18-7-9-19-11(10(16)21)20-24-9/h8H,5-7H2,1-4H3,(H2,16,21)(H,17,22)(H,18,23)/t8-,15+/m0/s1. The lowest BCUT2D eigenvalue weighted by Gasteiger charge is -2.39. The van der Waals surface area contributed by atoms with Crippen LogP contribution in [0.1, 0.15) is 50.1 Å². The van der Waals surface area contributed by atoms with Gasteiger partial charge in [-0.3, -0.25) is 14.4 Å².